The Morgan fingerprint density at radius 2 is 2.00 bits per heavy atom. The summed E-state index contributed by atoms with van der Waals surface area (Å²) >= 11 is 0. The van der Waals surface area contributed by atoms with Crippen molar-refractivity contribution in [3.05, 3.63) is 0 Å². The van der Waals surface area contributed by atoms with Crippen LogP contribution in [-0.4, -0.2) is 25.8 Å². The van der Waals surface area contributed by atoms with Gasteiger partial charge < -0.3 is 10.1 Å². The minimum atomic E-state index is 0.356. The van der Waals surface area contributed by atoms with Crippen molar-refractivity contribution in [2.45, 2.75) is 47.1 Å². The highest BCUT2D eigenvalue weighted by Crippen LogP contribution is 2.41. The largest absolute Gasteiger partial charge is 0.378 e. The zero-order chi connectivity index (χ0) is 11.5. The Morgan fingerprint density at radius 1 is 1.33 bits per heavy atom. The zero-order valence-corrected chi connectivity index (χ0v) is 11.0. The molecule has 0 aromatic carbocycles. The summed E-state index contributed by atoms with van der Waals surface area (Å²) in [5.74, 6) is 1.42. The highest BCUT2D eigenvalue weighted by molar-refractivity contribution is 4.93. The third-order valence-electron chi connectivity index (χ3n) is 3.90. The summed E-state index contributed by atoms with van der Waals surface area (Å²) in [6.45, 7) is 14.5. The molecule has 15 heavy (non-hydrogen) atoms. The molecule has 2 heteroatoms. The van der Waals surface area contributed by atoms with Gasteiger partial charge in [-0.15, -0.1) is 0 Å². The molecule has 2 atom stereocenters. The Labute approximate surface area is 94.8 Å². The van der Waals surface area contributed by atoms with Crippen molar-refractivity contribution in [2.24, 2.45) is 17.3 Å². The first-order valence-corrected chi connectivity index (χ1v) is 6.31. The molecule has 90 valence electrons. The van der Waals surface area contributed by atoms with Gasteiger partial charge in [0.25, 0.3) is 0 Å². The second kappa shape index (κ2) is 5.31. The lowest BCUT2D eigenvalue weighted by molar-refractivity contribution is 0.0371. The van der Waals surface area contributed by atoms with Crippen LogP contribution in [0.25, 0.3) is 0 Å². The first-order chi connectivity index (χ1) is 6.99. The van der Waals surface area contributed by atoms with E-state index in [0.29, 0.717) is 17.4 Å². The molecular formula is C13H27NO. The minimum Gasteiger partial charge on any atom is -0.378 e. The van der Waals surface area contributed by atoms with Crippen LogP contribution in [0, 0.1) is 17.3 Å². The van der Waals surface area contributed by atoms with Crippen LogP contribution < -0.4 is 5.32 Å². The van der Waals surface area contributed by atoms with Crippen LogP contribution in [0.1, 0.15) is 41.0 Å². The topological polar surface area (TPSA) is 21.3 Å². The van der Waals surface area contributed by atoms with Gasteiger partial charge in [0, 0.05) is 18.6 Å². The van der Waals surface area contributed by atoms with Gasteiger partial charge in [0.1, 0.15) is 0 Å². The molecule has 0 bridgehead atoms. The standard InChI is InChI=1S/C13H27NO/c1-10(2)8-14-9-13(11(3)4)6-7-15-12(13)5/h10-12,14H,6-9H2,1-5H3. The molecule has 0 aromatic rings. The van der Waals surface area contributed by atoms with Gasteiger partial charge in [0.15, 0.2) is 0 Å². The fourth-order valence-corrected chi connectivity index (χ4v) is 2.58. The summed E-state index contributed by atoms with van der Waals surface area (Å²) < 4.78 is 5.75. The van der Waals surface area contributed by atoms with E-state index in [1.165, 1.54) is 6.42 Å². The molecule has 1 N–H and O–H groups in total. The maximum Gasteiger partial charge on any atom is 0.0618 e. The molecule has 0 saturated carbocycles. The van der Waals surface area contributed by atoms with E-state index in [9.17, 15) is 0 Å². The van der Waals surface area contributed by atoms with Crippen LogP contribution in [0.2, 0.25) is 0 Å². The summed E-state index contributed by atoms with van der Waals surface area (Å²) in [5.41, 5.74) is 0.356. The minimum absolute atomic E-state index is 0.356. The lowest BCUT2D eigenvalue weighted by Crippen LogP contribution is -2.44. The van der Waals surface area contributed by atoms with E-state index < -0.39 is 0 Å². The molecule has 2 unspecified atom stereocenters. The number of hydrogen-bond donors (Lipinski definition) is 1. The van der Waals surface area contributed by atoms with E-state index in [2.05, 4.69) is 39.9 Å². The molecule has 0 aromatic heterocycles. The van der Waals surface area contributed by atoms with Gasteiger partial charge in [-0.1, -0.05) is 27.7 Å². The SMILES string of the molecule is CC(C)CNCC1(C(C)C)CCOC1C. The summed E-state index contributed by atoms with van der Waals surface area (Å²) in [7, 11) is 0. The number of ether oxygens (including phenoxy) is 1. The highest BCUT2D eigenvalue weighted by atomic mass is 16.5. The van der Waals surface area contributed by atoms with E-state index in [1.807, 2.05) is 0 Å². The van der Waals surface area contributed by atoms with Crippen molar-refractivity contribution >= 4 is 0 Å². The van der Waals surface area contributed by atoms with Gasteiger partial charge in [-0.3, -0.25) is 0 Å². The Bertz CT molecular complexity index is 191. The Morgan fingerprint density at radius 3 is 2.40 bits per heavy atom. The Balaban J connectivity index is 2.51. The lowest BCUT2D eigenvalue weighted by Gasteiger charge is -2.37. The van der Waals surface area contributed by atoms with Gasteiger partial charge in [0.2, 0.25) is 0 Å². The molecule has 1 fully saturated rings. The van der Waals surface area contributed by atoms with Gasteiger partial charge >= 0.3 is 0 Å². The summed E-state index contributed by atoms with van der Waals surface area (Å²) in [5, 5.41) is 3.60. The predicted octanol–water partition coefficient (Wildman–Crippen LogP) is 2.68. The number of hydrogen-bond acceptors (Lipinski definition) is 2. The first-order valence-electron chi connectivity index (χ1n) is 6.31. The second-order valence-corrected chi connectivity index (χ2v) is 5.68. The van der Waals surface area contributed by atoms with Crippen molar-refractivity contribution in [1.29, 1.82) is 0 Å². The molecule has 0 radical (unpaired) electrons. The normalized spacial score (nSPS) is 31.8. The quantitative estimate of drug-likeness (QED) is 0.758. The maximum atomic E-state index is 5.75. The lowest BCUT2D eigenvalue weighted by atomic mass is 9.72. The average Bonchev–Trinajstić information content (AvgIpc) is 2.48. The number of rotatable bonds is 5. The van der Waals surface area contributed by atoms with Crippen LogP contribution in [0.4, 0.5) is 0 Å². The van der Waals surface area contributed by atoms with Gasteiger partial charge in [-0.25, -0.2) is 0 Å². The molecule has 0 amide bonds. The van der Waals surface area contributed by atoms with E-state index in [0.717, 1.165) is 25.6 Å². The summed E-state index contributed by atoms with van der Waals surface area (Å²) in [6, 6.07) is 0. The molecular weight excluding hydrogens is 186 g/mol. The van der Waals surface area contributed by atoms with Gasteiger partial charge in [0.05, 0.1) is 6.10 Å². The molecule has 1 heterocycles. The molecule has 1 saturated heterocycles. The van der Waals surface area contributed by atoms with E-state index >= 15 is 0 Å². The molecule has 2 nitrogen and oxygen atoms in total. The fraction of sp³-hybridized carbons (Fsp3) is 1.00. The van der Waals surface area contributed by atoms with Crippen LogP contribution in [0.3, 0.4) is 0 Å². The molecule has 1 aliphatic heterocycles. The monoisotopic (exact) mass is 213 g/mol. The van der Waals surface area contributed by atoms with Gasteiger partial charge in [-0.2, -0.15) is 0 Å². The second-order valence-electron chi connectivity index (χ2n) is 5.68. The van der Waals surface area contributed by atoms with E-state index in [4.69, 9.17) is 4.74 Å². The van der Waals surface area contributed by atoms with Crippen LogP contribution in [-0.2, 0) is 4.74 Å². The fourth-order valence-electron chi connectivity index (χ4n) is 2.58. The Hall–Kier alpha value is -0.0800. The van der Waals surface area contributed by atoms with E-state index in [-0.39, 0.29) is 0 Å². The smallest absolute Gasteiger partial charge is 0.0618 e. The van der Waals surface area contributed by atoms with Crippen LogP contribution >= 0.6 is 0 Å². The molecule has 1 aliphatic rings. The average molecular weight is 213 g/mol. The number of nitrogens with one attached hydrogen (secondary N) is 1. The molecule has 1 rings (SSSR count). The van der Waals surface area contributed by atoms with E-state index in [1.54, 1.807) is 0 Å². The van der Waals surface area contributed by atoms with Crippen molar-refractivity contribution in [3.63, 3.8) is 0 Å². The third kappa shape index (κ3) is 2.94. The Kier molecular flexibility index (Phi) is 4.60. The van der Waals surface area contributed by atoms with Crippen LogP contribution in [0.15, 0.2) is 0 Å². The van der Waals surface area contributed by atoms with Crippen molar-refractivity contribution < 1.29 is 4.74 Å². The van der Waals surface area contributed by atoms with Gasteiger partial charge in [-0.05, 0) is 31.7 Å². The van der Waals surface area contributed by atoms with Crippen molar-refractivity contribution in [3.8, 4) is 0 Å². The first kappa shape index (κ1) is 13.0. The summed E-state index contributed by atoms with van der Waals surface area (Å²) in [6.07, 6.45) is 1.61. The van der Waals surface area contributed by atoms with Crippen molar-refractivity contribution in [2.75, 3.05) is 19.7 Å². The predicted molar refractivity (Wildman–Crippen MR) is 65.0 cm³/mol. The molecule has 0 aliphatic carbocycles. The summed E-state index contributed by atoms with van der Waals surface area (Å²) in [4.78, 5) is 0. The highest BCUT2D eigenvalue weighted by Gasteiger charge is 2.43. The van der Waals surface area contributed by atoms with Crippen LogP contribution in [0.5, 0.6) is 0 Å². The molecule has 0 spiro atoms. The van der Waals surface area contributed by atoms with Crippen molar-refractivity contribution in [1.82, 2.24) is 5.32 Å². The maximum absolute atomic E-state index is 5.75. The third-order valence-corrected chi connectivity index (χ3v) is 3.90. The zero-order valence-electron chi connectivity index (χ0n) is 11.0.